The van der Waals surface area contributed by atoms with E-state index in [1.165, 1.54) is 18.6 Å². The molecule has 1 N–H and O–H groups in total. The summed E-state index contributed by atoms with van der Waals surface area (Å²) in [5, 5.41) is 6.71. The van der Waals surface area contributed by atoms with Crippen LogP contribution in [0.5, 0.6) is 0 Å². The van der Waals surface area contributed by atoms with Crippen LogP contribution in [0.25, 0.3) is 22.4 Å². The summed E-state index contributed by atoms with van der Waals surface area (Å²) >= 11 is 0. The highest BCUT2D eigenvalue weighted by Crippen LogP contribution is 2.50. The van der Waals surface area contributed by atoms with Gasteiger partial charge in [0.2, 0.25) is 17.4 Å². The normalized spacial score (nSPS) is 28.7. The first kappa shape index (κ1) is 20.8. The summed E-state index contributed by atoms with van der Waals surface area (Å²) in [7, 11) is 0. The van der Waals surface area contributed by atoms with Crippen LogP contribution >= 0.6 is 0 Å². The van der Waals surface area contributed by atoms with Crippen LogP contribution in [0.15, 0.2) is 29.2 Å². The van der Waals surface area contributed by atoms with E-state index in [2.05, 4.69) is 20.4 Å². The molecule has 1 spiro atoms. The Morgan fingerprint density at radius 2 is 2.06 bits per heavy atom. The highest BCUT2D eigenvalue weighted by Gasteiger charge is 2.62. The SMILES string of the molecule is C[C@@H]1CN2c3c(cc4c(-c5cnccn5)noc4c3F)CC3(C(=O)CC(=O)NC3=O)[C@H]2[C@H](C)O1. The molecule has 34 heavy (non-hydrogen) atoms. The Bertz CT molecular complexity index is 1350. The fourth-order valence-electron chi connectivity index (χ4n) is 5.75. The van der Waals surface area contributed by atoms with Gasteiger partial charge in [0, 0.05) is 18.9 Å². The first-order valence-electron chi connectivity index (χ1n) is 11.0. The number of carbonyl (C=O) groups excluding carboxylic acids is 3. The summed E-state index contributed by atoms with van der Waals surface area (Å²) < 4.78 is 27.4. The van der Waals surface area contributed by atoms with Crippen molar-refractivity contribution in [3.63, 3.8) is 0 Å². The fraction of sp³-hybridized carbons (Fsp3) is 0.391. The van der Waals surface area contributed by atoms with Crippen molar-refractivity contribution >= 4 is 34.3 Å². The molecule has 2 saturated heterocycles. The van der Waals surface area contributed by atoms with E-state index in [1.807, 2.05) is 6.92 Å². The number of carbonyl (C=O) groups is 3. The maximum Gasteiger partial charge on any atom is 0.242 e. The Morgan fingerprint density at radius 1 is 1.24 bits per heavy atom. The lowest BCUT2D eigenvalue weighted by atomic mass is 9.63. The van der Waals surface area contributed by atoms with E-state index < -0.39 is 47.4 Å². The number of nitrogens with zero attached hydrogens (tertiary/aromatic N) is 4. The Kier molecular flexibility index (Phi) is 4.37. The van der Waals surface area contributed by atoms with Crippen molar-refractivity contribution in [3.8, 4) is 11.4 Å². The predicted octanol–water partition coefficient (Wildman–Crippen LogP) is 1.56. The number of halogens is 1. The summed E-state index contributed by atoms with van der Waals surface area (Å²) in [6.45, 7) is 3.86. The number of piperidine rings is 1. The van der Waals surface area contributed by atoms with Gasteiger partial charge in [-0.25, -0.2) is 4.39 Å². The van der Waals surface area contributed by atoms with Gasteiger partial charge in [0.1, 0.15) is 16.8 Å². The number of anilines is 1. The molecule has 0 bridgehead atoms. The third-order valence-electron chi connectivity index (χ3n) is 6.98. The van der Waals surface area contributed by atoms with Gasteiger partial charge in [0.25, 0.3) is 0 Å². The maximum atomic E-state index is 16.0. The minimum Gasteiger partial charge on any atom is -0.372 e. The lowest BCUT2D eigenvalue weighted by Gasteiger charge is -2.55. The molecule has 3 aromatic rings. The summed E-state index contributed by atoms with van der Waals surface area (Å²) in [5.74, 6) is -2.44. The molecule has 2 fully saturated rings. The molecule has 0 radical (unpaired) electrons. The molecule has 2 aromatic heterocycles. The highest BCUT2D eigenvalue weighted by molar-refractivity contribution is 6.22. The number of benzene rings is 1. The smallest absolute Gasteiger partial charge is 0.242 e. The second-order valence-corrected chi connectivity index (χ2v) is 9.07. The first-order chi connectivity index (χ1) is 16.3. The minimum atomic E-state index is -1.59. The van der Waals surface area contributed by atoms with Crippen LogP contribution in [0.1, 0.15) is 25.8 Å². The van der Waals surface area contributed by atoms with Gasteiger partial charge in [-0.05, 0) is 31.9 Å². The molecule has 4 atom stereocenters. The third-order valence-corrected chi connectivity index (χ3v) is 6.98. The number of aromatic nitrogens is 3. The zero-order chi connectivity index (χ0) is 23.8. The number of rotatable bonds is 1. The summed E-state index contributed by atoms with van der Waals surface area (Å²) in [5.41, 5.74) is -0.229. The van der Waals surface area contributed by atoms with Crippen molar-refractivity contribution in [1.29, 1.82) is 0 Å². The van der Waals surface area contributed by atoms with Crippen LogP contribution in [0.2, 0.25) is 0 Å². The van der Waals surface area contributed by atoms with Gasteiger partial charge in [-0.3, -0.25) is 29.7 Å². The van der Waals surface area contributed by atoms with Crippen LogP contribution in [-0.2, 0) is 25.5 Å². The molecule has 1 aromatic carbocycles. The quantitative estimate of drug-likeness (QED) is 0.421. The monoisotopic (exact) mass is 465 g/mol. The molecule has 2 amide bonds. The number of nitrogens with one attached hydrogen (secondary N) is 1. The number of ketones is 1. The van der Waals surface area contributed by atoms with Gasteiger partial charge >= 0.3 is 0 Å². The van der Waals surface area contributed by atoms with Gasteiger partial charge < -0.3 is 14.2 Å². The Labute approximate surface area is 192 Å². The minimum absolute atomic E-state index is 0.0458. The van der Waals surface area contributed by atoms with Crippen LogP contribution in [0.3, 0.4) is 0 Å². The predicted molar refractivity (Wildman–Crippen MR) is 115 cm³/mol. The van der Waals surface area contributed by atoms with Gasteiger partial charge in [-0.2, -0.15) is 0 Å². The number of morpholine rings is 1. The number of amides is 2. The molecule has 174 valence electrons. The van der Waals surface area contributed by atoms with Crippen molar-refractivity contribution in [2.45, 2.75) is 44.9 Å². The highest BCUT2D eigenvalue weighted by atomic mass is 19.1. The number of Topliss-reactive ketones (excluding diaryl/α,β-unsaturated/α-hetero) is 1. The molecular formula is C23H20FN5O5. The first-order valence-corrected chi connectivity index (χ1v) is 11.0. The van der Waals surface area contributed by atoms with Crippen LogP contribution in [0.4, 0.5) is 10.1 Å². The van der Waals surface area contributed by atoms with E-state index in [9.17, 15) is 14.4 Å². The van der Waals surface area contributed by atoms with Gasteiger partial charge in [-0.1, -0.05) is 5.16 Å². The van der Waals surface area contributed by atoms with E-state index in [0.717, 1.165) is 0 Å². The zero-order valence-corrected chi connectivity index (χ0v) is 18.4. The standard InChI is InChI=1S/C23H20FN5O5/c1-10-9-29-19-12(5-13-18(14-8-25-3-4-26-14)28-34-20(13)17(19)24)7-23(21(29)11(2)33-10)15(30)6-16(31)27-22(23)32/h3-5,8,10-11,21H,6-7,9H2,1-2H3,(H,27,31,32)/t10-,11+,21-,23?/m1/s1. The number of imide groups is 1. The second-order valence-electron chi connectivity index (χ2n) is 9.07. The molecule has 11 heteroatoms. The van der Waals surface area contributed by atoms with E-state index in [1.54, 1.807) is 17.9 Å². The van der Waals surface area contributed by atoms with Gasteiger partial charge in [-0.15, -0.1) is 0 Å². The zero-order valence-electron chi connectivity index (χ0n) is 18.4. The summed E-state index contributed by atoms with van der Waals surface area (Å²) in [6.07, 6.45) is 3.13. The van der Waals surface area contributed by atoms with Gasteiger partial charge in [0.05, 0.1) is 41.9 Å². The molecular weight excluding hydrogens is 445 g/mol. The summed E-state index contributed by atoms with van der Waals surface area (Å²) in [4.78, 5) is 48.6. The Hall–Kier alpha value is -3.73. The largest absolute Gasteiger partial charge is 0.372 e. The number of ether oxygens (including phenoxy) is 1. The number of hydrogen-bond acceptors (Lipinski definition) is 9. The van der Waals surface area contributed by atoms with E-state index in [0.29, 0.717) is 22.3 Å². The molecule has 6 rings (SSSR count). The van der Waals surface area contributed by atoms with Gasteiger partial charge in [0.15, 0.2) is 11.6 Å². The number of hydrogen-bond donors (Lipinski definition) is 1. The Balaban J connectivity index is 1.61. The van der Waals surface area contributed by atoms with Crippen LogP contribution < -0.4 is 10.2 Å². The van der Waals surface area contributed by atoms with Crippen LogP contribution in [0, 0.1) is 11.2 Å². The molecule has 1 unspecified atom stereocenters. The second kappa shape index (κ2) is 7.13. The van der Waals surface area contributed by atoms with Crippen molar-refractivity contribution in [2.75, 3.05) is 11.4 Å². The molecule has 10 nitrogen and oxygen atoms in total. The van der Waals surface area contributed by atoms with Crippen LogP contribution in [-0.4, -0.2) is 57.5 Å². The average Bonchev–Trinajstić information content (AvgIpc) is 3.21. The van der Waals surface area contributed by atoms with E-state index in [-0.39, 0.29) is 30.3 Å². The van der Waals surface area contributed by atoms with Crippen molar-refractivity contribution in [1.82, 2.24) is 20.4 Å². The van der Waals surface area contributed by atoms with E-state index >= 15 is 4.39 Å². The topological polar surface area (TPSA) is 128 Å². The summed E-state index contributed by atoms with van der Waals surface area (Å²) in [6, 6.07) is 0.903. The lowest BCUT2D eigenvalue weighted by molar-refractivity contribution is -0.158. The molecule has 0 aliphatic carbocycles. The van der Waals surface area contributed by atoms with Crippen molar-refractivity contribution in [2.24, 2.45) is 5.41 Å². The molecule has 0 saturated carbocycles. The maximum absolute atomic E-state index is 16.0. The molecule has 3 aliphatic rings. The van der Waals surface area contributed by atoms with Crippen molar-refractivity contribution in [3.05, 3.63) is 36.0 Å². The average molecular weight is 465 g/mol. The Morgan fingerprint density at radius 3 is 2.79 bits per heavy atom. The molecule has 5 heterocycles. The fourth-order valence-corrected chi connectivity index (χ4v) is 5.75. The van der Waals surface area contributed by atoms with E-state index in [4.69, 9.17) is 9.26 Å². The van der Waals surface area contributed by atoms with Crippen molar-refractivity contribution < 1.29 is 28.0 Å². The molecule has 3 aliphatic heterocycles. The number of fused-ring (bicyclic) bond motifs is 5. The third kappa shape index (κ3) is 2.70. The lowest BCUT2D eigenvalue weighted by Crippen LogP contribution is -2.72.